The molecule has 1 heterocycles. The first-order valence-corrected chi connectivity index (χ1v) is 4.42. The van der Waals surface area contributed by atoms with Gasteiger partial charge >= 0.3 is 0 Å². The minimum atomic E-state index is 0.671. The summed E-state index contributed by atoms with van der Waals surface area (Å²) in [5.74, 6) is 0. The summed E-state index contributed by atoms with van der Waals surface area (Å²) in [4.78, 5) is 5.80. The van der Waals surface area contributed by atoms with Crippen molar-refractivity contribution in [1.29, 1.82) is 0 Å². The Hall–Kier alpha value is -0.550. The van der Waals surface area contributed by atoms with E-state index in [1.54, 1.807) is 0 Å². The molecule has 11 heavy (non-hydrogen) atoms. The van der Waals surface area contributed by atoms with Gasteiger partial charge < -0.3 is 4.85 Å². The first-order valence-electron chi connectivity index (χ1n) is 4.42. The zero-order valence-corrected chi connectivity index (χ0v) is 7.21. The zero-order valence-electron chi connectivity index (χ0n) is 7.21. The molecule has 0 saturated carbocycles. The Morgan fingerprint density at radius 3 is 3.00 bits per heavy atom. The van der Waals surface area contributed by atoms with Crippen molar-refractivity contribution in [3.63, 3.8) is 0 Å². The number of hydrogen-bond acceptors (Lipinski definition) is 1. The van der Waals surface area contributed by atoms with Crippen LogP contribution in [0.25, 0.3) is 4.85 Å². The van der Waals surface area contributed by atoms with E-state index in [0.29, 0.717) is 12.6 Å². The molecule has 2 heteroatoms. The van der Waals surface area contributed by atoms with Gasteiger partial charge in [0.15, 0.2) is 0 Å². The highest BCUT2D eigenvalue weighted by molar-refractivity contribution is 4.75. The van der Waals surface area contributed by atoms with Crippen LogP contribution in [-0.4, -0.2) is 30.6 Å². The molecule has 0 N–H and O–H groups in total. The highest BCUT2D eigenvalue weighted by Gasteiger charge is 2.17. The lowest BCUT2D eigenvalue weighted by atomic mass is 10.0. The van der Waals surface area contributed by atoms with Crippen molar-refractivity contribution in [2.45, 2.75) is 32.2 Å². The average molecular weight is 152 g/mol. The Morgan fingerprint density at radius 2 is 2.36 bits per heavy atom. The summed E-state index contributed by atoms with van der Waals surface area (Å²) in [7, 11) is 0. The van der Waals surface area contributed by atoms with E-state index in [-0.39, 0.29) is 0 Å². The summed E-state index contributed by atoms with van der Waals surface area (Å²) in [5.41, 5.74) is 0. The molecular formula is C9H16N2. The Morgan fingerprint density at radius 1 is 1.55 bits per heavy atom. The van der Waals surface area contributed by atoms with E-state index >= 15 is 0 Å². The maximum Gasteiger partial charge on any atom is 0.227 e. The van der Waals surface area contributed by atoms with Gasteiger partial charge in [-0.3, -0.25) is 4.90 Å². The maximum atomic E-state index is 6.69. The van der Waals surface area contributed by atoms with Crippen LogP contribution < -0.4 is 0 Å². The summed E-state index contributed by atoms with van der Waals surface area (Å²) in [5, 5.41) is 0. The van der Waals surface area contributed by atoms with Crippen LogP contribution in [-0.2, 0) is 0 Å². The molecule has 0 aromatic carbocycles. The van der Waals surface area contributed by atoms with Crippen LogP contribution in [0.5, 0.6) is 0 Å². The lowest BCUT2D eigenvalue weighted by Gasteiger charge is -2.31. The smallest absolute Gasteiger partial charge is 0.227 e. The monoisotopic (exact) mass is 152 g/mol. The van der Waals surface area contributed by atoms with Crippen LogP contribution in [0, 0.1) is 6.57 Å². The maximum absolute atomic E-state index is 6.69. The Balaban J connectivity index is 2.25. The van der Waals surface area contributed by atoms with Crippen molar-refractivity contribution >= 4 is 0 Å². The normalized spacial score (nSPS) is 26.4. The fourth-order valence-corrected chi connectivity index (χ4v) is 1.67. The minimum absolute atomic E-state index is 0.671. The van der Waals surface area contributed by atoms with Gasteiger partial charge in [-0.25, -0.2) is 6.57 Å². The molecule has 0 aromatic heterocycles. The molecule has 1 fully saturated rings. The predicted octanol–water partition coefficient (Wildman–Crippen LogP) is 1.78. The van der Waals surface area contributed by atoms with Crippen LogP contribution in [0.2, 0.25) is 0 Å². The van der Waals surface area contributed by atoms with Gasteiger partial charge in [0.2, 0.25) is 6.54 Å². The van der Waals surface area contributed by atoms with Gasteiger partial charge in [0, 0.05) is 6.04 Å². The Labute approximate surface area is 69.0 Å². The van der Waals surface area contributed by atoms with Crippen molar-refractivity contribution in [2.75, 3.05) is 19.6 Å². The summed E-state index contributed by atoms with van der Waals surface area (Å²) in [6.07, 6.45) is 4.01. The van der Waals surface area contributed by atoms with E-state index < -0.39 is 0 Å². The third-order valence-corrected chi connectivity index (χ3v) is 2.44. The molecule has 0 aliphatic carbocycles. The van der Waals surface area contributed by atoms with Gasteiger partial charge in [0.1, 0.15) is 0 Å². The first kappa shape index (κ1) is 8.55. The van der Waals surface area contributed by atoms with Crippen molar-refractivity contribution < 1.29 is 0 Å². The predicted molar refractivity (Wildman–Crippen MR) is 46.4 cm³/mol. The standard InChI is InChI=1S/C9H16N2/c1-9-5-3-4-7-11(9)8-6-10-2/h9H,3-8H2,1H3. The highest BCUT2D eigenvalue weighted by atomic mass is 15.2. The zero-order chi connectivity index (χ0) is 8.10. The molecule has 0 bridgehead atoms. The largest absolute Gasteiger partial charge is 0.316 e. The number of nitrogens with zero attached hydrogens (tertiary/aromatic N) is 2. The fourth-order valence-electron chi connectivity index (χ4n) is 1.67. The number of likely N-dealkylation sites (tertiary alicyclic amines) is 1. The molecule has 0 aromatic rings. The third kappa shape index (κ3) is 2.51. The van der Waals surface area contributed by atoms with E-state index in [1.807, 2.05) is 0 Å². The number of piperidine rings is 1. The topological polar surface area (TPSA) is 7.60 Å². The lowest BCUT2D eigenvalue weighted by molar-refractivity contribution is 0.168. The molecule has 0 amide bonds. The molecule has 1 unspecified atom stereocenters. The van der Waals surface area contributed by atoms with Crippen LogP contribution >= 0.6 is 0 Å². The van der Waals surface area contributed by atoms with Gasteiger partial charge in [-0.05, 0) is 26.3 Å². The van der Waals surface area contributed by atoms with E-state index in [2.05, 4.69) is 16.7 Å². The molecule has 1 aliphatic rings. The second-order valence-corrected chi connectivity index (χ2v) is 3.26. The summed E-state index contributed by atoms with van der Waals surface area (Å²) >= 11 is 0. The van der Waals surface area contributed by atoms with Crippen molar-refractivity contribution in [3.05, 3.63) is 11.4 Å². The van der Waals surface area contributed by atoms with E-state index in [0.717, 1.165) is 6.54 Å². The fraction of sp³-hybridized carbons (Fsp3) is 0.889. The third-order valence-electron chi connectivity index (χ3n) is 2.44. The molecule has 0 spiro atoms. The van der Waals surface area contributed by atoms with Crippen LogP contribution in [0.4, 0.5) is 0 Å². The molecule has 62 valence electrons. The highest BCUT2D eigenvalue weighted by Crippen LogP contribution is 2.15. The van der Waals surface area contributed by atoms with Gasteiger partial charge in [-0.1, -0.05) is 6.42 Å². The molecular weight excluding hydrogens is 136 g/mol. The number of rotatable bonds is 2. The summed E-state index contributed by atoms with van der Waals surface area (Å²) in [6, 6.07) is 0.713. The minimum Gasteiger partial charge on any atom is -0.316 e. The average Bonchev–Trinajstić information content (AvgIpc) is 2.03. The second kappa shape index (κ2) is 4.35. The molecule has 1 aliphatic heterocycles. The van der Waals surface area contributed by atoms with Gasteiger partial charge in [-0.2, -0.15) is 0 Å². The lowest BCUT2D eigenvalue weighted by Crippen LogP contribution is -2.38. The van der Waals surface area contributed by atoms with Crippen molar-refractivity contribution in [1.82, 2.24) is 4.90 Å². The van der Waals surface area contributed by atoms with Crippen LogP contribution in [0.15, 0.2) is 0 Å². The van der Waals surface area contributed by atoms with Crippen molar-refractivity contribution in [2.24, 2.45) is 0 Å². The Bertz CT molecular complexity index is 148. The first-order chi connectivity index (χ1) is 5.34. The van der Waals surface area contributed by atoms with Crippen LogP contribution in [0.1, 0.15) is 26.2 Å². The van der Waals surface area contributed by atoms with Gasteiger partial charge in [0.05, 0.1) is 6.54 Å². The SMILES string of the molecule is [C-]#[N+]CCN1CCCCC1C. The molecule has 1 rings (SSSR count). The second-order valence-electron chi connectivity index (χ2n) is 3.26. The molecule has 0 radical (unpaired) electrons. The van der Waals surface area contributed by atoms with E-state index in [1.165, 1.54) is 25.8 Å². The molecule has 1 atom stereocenters. The molecule has 2 nitrogen and oxygen atoms in total. The van der Waals surface area contributed by atoms with E-state index in [4.69, 9.17) is 6.57 Å². The molecule has 1 saturated heterocycles. The summed E-state index contributed by atoms with van der Waals surface area (Å²) < 4.78 is 0. The van der Waals surface area contributed by atoms with Crippen LogP contribution in [0.3, 0.4) is 0 Å². The van der Waals surface area contributed by atoms with E-state index in [9.17, 15) is 0 Å². The van der Waals surface area contributed by atoms with Gasteiger partial charge in [-0.15, -0.1) is 0 Å². The quantitative estimate of drug-likeness (QED) is 0.547. The number of hydrogen-bond donors (Lipinski definition) is 0. The summed E-state index contributed by atoms with van der Waals surface area (Å²) in [6.45, 7) is 11.8. The van der Waals surface area contributed by atoms with Crippen molar-refractivity contribution in [3.8, 4) is 0 Å². The van der Waals surface area contributed by atoms with Gasteiger partial charge in [0.25, 0.3) is 0 Å². The Kier molecular flexibility index (Phi) is 3.38.